The normalized spacial score (nSPS) is 15.4. The minimum Gasteiger partial charge on any atom is -0.379 e. The van der Waals surface area contributed by atoms with Crippen LogP contribution in [0.3, 0.4) is 0 Å². The zero-order valence-electron chi connectivity index (χ0n) is 15.7. The summed E-state index contributed by atoms with van der Waals surface area (Å²) in [5.74, 6) is 0.666. The van der Waals surface area contributed by atoms with Crippen LogP contribution in [0.4, 0.5) is 4.39 Å². The number of nitrogens with zero attached hydrogens (tertiary/aromatic N) is 2. The first kappa shape index (κ1) is 23.1. The predicted octanol–water partition coefficient (Wildman–Crippen LogP) is 2.65. The molecule has 0 bridgehead atoms. The van der Waals surface area contributed by atoms with E-state index >= 15 is 0 Å². The average molecular weight is 478 g/mol. The van der Waals surface area contributed by atoms with E-state index in [1.165, 1.54) is 18.6 Å². The molecule has 0 aromatic heterocycles. The third-order valence-electron chi connectivity index (χ3n) is 4.22. The summed E-state index contributed by atoms with van der Waals surface area (Å²) in [6.45, 7) is 9.48. The zero-order chi connectivity index (χ0) is 17.7. The van der Waals surface area contributed by atoms with Gasteiger partial charge in [-0.2, -0.15) is 0 Å². The van der Waals surface area contributed by atoms with E-state index in [-0.39, 0.29) is 29.8 Å². The summed E-state index contributed by atoms with van der Waals surface area (Å²) in [4.78, 5) is 7.09. The van der Waals surface area contributed by atoms with Crippen molar-refractivity contribution in [2.75, 3.05) is 52.5 Å². The van der Waals surface area contributed by atoms with Gasteiger partial charge in [0, 0.05) is 32.7 Å². The quantitative estimate of drug-likeness (QED) is 0.248. The molecule has 1 aromatic carbocycles. The van der Waals surface area contributed by atoms with Crippen molar-refractivity contribution in [3.8, 4) is 0 Å². The molecule has 1 heterocycles. The molecule has 1 aliphatic heterocycles. The largest absolute Gasteiger partial charge is 0.379 e. The van der Waals surface area contributed by atoms with Crippen LogP contribution in [0, 0.1) is 5.82 Å². The Labute approximate surface area is 173 Å². The summed E-state index contributed by atoms with van der Waals surface area (Å²) < 4.78 is 18.3. The summed E-state index contributed by atoms with van der Waals surface area (Å²) in [6.07, 6.45) is 3.10. The van der Waals surface area contributed by atoms with Crippen molar-refractivity contribution >= 4 is 29.9 Å². The van der Waals surface area contributed by atoms with Crippen LogP contribution in [0.5, 0.6) is 0 Å². The second-order valence-corrected chi connectivity index (χ2v) is 6.23. The Hall–Kier alpha value is -0.930. The van der Waals surface area contributed by atoms with Gasteiger partial charge in [0.05, 0.1) is 13.2 Å². The molecule has 2 N–H and O–H groups in total. The SMILES string of the molecule is CCNC(=NCCCCN1CCOCC1)NCCc1ccc(F)cc1.I. The standard InChI is InChI=1S/C19H31FN4O.HI/c1-2-21-19(23-11-9-17-5-7-18(20)8-6-17)22-10-3-4-12-24-13-15-25-16-14-24;/h5-8H,2-4,9-16H2,1H3,(H2,21,22,23);1H. The summed E-state index contributed by atoms with van der Waals surface area (Å²) in [7, 11) is 0. The molecule has 0 amide bonds. The first-order valence-electron chi connectivity index (χ1n) is 9.34. The molecule has 5 nitrogen and oxygen atoms in total. The lowest BCUT2D eigenvalue weighted by Gasteiger charge is -2.26. The molecular formula is C19H32FIN4O. The van der Waals surface area contributed by atoms with Gasteiger partial charge in [0.2, 0.25) is 0 Å². The van der Waals surface area contributed by atoms with E-state index in [1.54, 1.807) is 0 Å². The number of ether oxygens (including phenoxy) is 1. The van der Waals surface area contributed by atoms with Crippen molar-refractivity contribution in [3.63, 3.8) is 0 Å². The Morgan fingerprint density at radius 3 is 2.58 bits per heavy atom. The van der Waals surface area contributed by atoms with Crippen molar-refractivity contribution in [3.05, 3.63) is 35.6 Å². The van der Waals surface area contributed by atoms with Gasteiger partial charge < -0.3 is 15.4 Å². The summed E-state index contributed by atoms with van der Waals surface area (Å²) in [5.41, 5.74) is 1.12. The first-order valence-corrected chi connectivity index (χ1v) is 9.34. The van der Waals surface area contributed by atoms with Crippen molar-refractivity contribution in [2.24, 2.45) is 4.99 Å². The smallest absolute Gasteiger partial charge is 0.191 e. The van der Waals surface area contributed by atoms with Crippen LogP contribution in [-0.2, 0) is 11.2 Å². The van der Waals surface area contributed by atoms with Gasteiger partial charge in [-0.3, -0.25) is 9.89 Å². The van der Waals surface area contributed by atoms with Crippen molar-refractivity contribution in [1.82, 2.24) is 15.5 Å². The van der Waals surface area contributed by atoms with Crippen LogP contribution >= 0.6 is 24.0 Å². The van der Waals surface area contributed by atoms with Crippen molar-refractivity contribution in [2.45, 2.75) is 26.2 Å². The molecule has 1 aliphatic rings. The van der Waals surface area contributed by atoms with Crippen LogP contribution < -0.4 is 10.6 Å². The fourth-order valence-electron chi connectivity index (χ4n) is 2.78. The molecule has 0 atom stereocenters. The molecule has 1 saturated heterocycles. The van der Waals surface area contributed by atoms with Crippen LogP contribution in [0.25, 0.3) is 0 Å². The van der Waals surface area contributed by atoms with E-state index in [2.05, 4.69) is 27.4 Å². The maximum absolute atomic E-state index is 12.9. The second kappa shape index (κ2) is 14.2. The Morgan fingerprint density at radius 2 is 1.88 bits per heavy atom. The van der Waals surface area contributed by atoms with Gasteiger partial charge in [0.1, 0.15) is 5.82 Å². The van der Waals surface area contributed by atoms with E-state index in [0.29, 0.717) is 0 Å². The third-order valence-corrected chi connectivity index (χ3v) is 4.22. The second-order valence-electron chi connectivity index (χ2n) is 6.23. The van der Waals surface area contributed by atoms with Crippen LogP contribution in [0.15, 0.2) is 29.3 Å². The number of nitrogens with one attached hydrogen (secondary N) is 2. The summed E-state index contributed by atoms with van der Waals surface area (Å²) in [5, 5.41) is 6.61. The summed E-state index contributed by atoms with van der Waals surface area (Å²) in [6, 6.07) is 6.66. The number of halogens is 2. The zero-order valence-corrected chi connectivity index (χ0v) is 18.0. The van der Waals surface area contributed by atoms with Gasteiger partial charge >= 0.3 is 0 Å². The topological polar surface area (TPSA) is 48.9 Å². The molecule has 7 heteroatoms. The monoisotopic (exact) mass is 478 g/mol. The van der Waals surface area contributed by atoms with Gasteiger partial charge in [-0.1, -0.05) is 12.1 Å². The van der Waals surface area contributed by atoms with Crippen molar-refractivity contribution in [1.29, 1.82) is 0 Å². The number of hydrogen-bond acceptors (Lipinski definition) is 3. The Balaban J connectivity index is 0.00000338. The molecule has 0 saturated carbocycles. The van der Waals surface area contributed by atoms with Gasteiger partial charge in [0.15, 0.2) is 5.96 Å². The Kier molecular flexibility index (Phi) is 12.6. The number of rotatable bonds is 9. The first-order chi connectivity index (χ1) is 12.3. The minimum atomic E-state index is -0.191. The van der Waals surface area contributed by atoms with Gasteiger partial charge in [-0.05, 0) is 50.4 Å². The van der Waals surface area contributed by atoms with Gasteiger partial charge in [-0.15, -0.1) is 24.0 Å². The number of aliphatic imine (C=N–C) groups is 1. The van der Waals surface area contributed by atoms with Crippen LogP contribution in [0.1, 0.15) is 25.3 Å². The highest BCUT2D eigenvalue weighted by Crippen LogP contribution is 2.03. The predicted molar refractivity (Wildman–Crippen MR) is 116 cm³/mol. The Bertz CT molecular complexity index is 507. The molecule has 0 unspecified atom stereocenters. The molecule has 0 spiro atoms. The number of benzene rings is 1. The van der Waals surface area contributed by atoms with E-state index < -0.39 is 0 Å². The lowest BCUT2D eigenvalue weighted by Crippen LogP contribution is -2.38. The average Bonchev–Trinajstić information content (AvgIpc) is 2.64. The molecule has 148 valence electrons. The molecule has 1 aromatic rings. The maximum Gasteiger partial charge on any atom is 0.191 e. The number of morpholine rings is 1. The maximum atomic E-state index is 12.9. The molecule has 1 fully saturated rings. The van der Waals surface area contributed by atoms with E-state index in [4.69, 9.17) is 4.74 Å². The van der Waals surface area contributed by atoms with Crippen molar-refractivity contribution < 1.29 is 9.13 Å². The minimum absolute atomic E-state index is 0. The molecule has 26 heavy (non-hydrogen) atoms. The lowest BCUT2D eigenvalue weighted by molar-refractivity contribution is 0.0373. The molecule has 0 aliphatic carbocycles. The number of guanidine groups is 1. The van der Waals surface area contributed by atoms with Crippen LogP contribution in [-0.4, -0.2) is 63.3 Å². The highest BCUT2D eigenvalue weighted by molar-refractivity contribution is 14.0. The van der Waals surface area contributed by atoms with E-state index in [9.17, 15) is 4.39 Å². The van der Waals surface area contributed by atoms with E-state index in [0.717, 1.165) is 76.8 Å². The van der Waals surface area contributed by atoms with Gasteiger partial charge in [0.25, 0.3) is 0 Å². The number of unbranched alkanes of at least 4 members (excludes halogenated alkanes) is 1. The summed E-state index contributed by atoms with van der Waals surface area (Å²) >= 11 is 0. The highest BCUT2D eigenvalue weighted by atomic mass is 127. The fraction of sp³-hybridized carbons (Fsp3) is 0.632. The number of hydrogen-bond donors (Lipinski definition) is 2. The van der Waals surface area contributed by atoms with Gasteiger partial charge in [-0.25, -0.2) is 4.39 Å². The Morgan fingerprint density at radius 1 is 1.15 bits per heavy atom. The lowest BCUT2D eigenvalue weighted by atomic mass is 10.1. The van der Waals surface area contributed by atoms with E-state index in [1.807, 2.05) is 12.1 Å². The molecule has 2 rings (SSSR count). The molecular weight excluding hydrogens is 446 g/mol. The third kappa shape index (κ3) is 9.68. The van der Waals surface area contributed by atoms with Crippen LogP contribution in [0.2, 0.25) is 0 Å². The fourth-order valence-corrected chi connectivity index (χ4v) is 2.78. The molecule has 0 radical (unpaired) electrons. The highest BCUT2D eigenvalue weighted by Gasteiger charge is 2.08.